The van der Waals surface area contributed by atoms with Gasteiger partial charge < -0.3 is 0 Å². The highest BCUT2D eigenvalue weighted by Gasteiger charge is 2.09. The third-order valence-corrected chi connectivity index (χ3v) is 3.56. The molecule has 2 aromatic rings. The highest BCUT2D eigenvalue weighted by atomic mass is 79.9. The van der Waals surface area contributed by atoms with Gasteiger partial charge in [0, 0.05) is 10.9 Å². The van der Waals surface area contributed by atoms with E-state index in [0.717, 1.165) is 21.1 Å². The van der Waals surface area contributed by atoms with E-state index in [1.807, 2.05) is 18.2 Å². The van der Waals surface area contributed by atoms with Gasteiger partial charge in [0.2, 0.25) is 0 Å². The number of nitrogens with zero attached hydrogens (tertiary/aromatic N) is 1. The van der Waals surface area contributed by atoms with Crippen LogP contribution in [0.4, 0.5) is 0 Å². The van der Waals surface area contributed by atoms with Crippen molar-refractivity contribution in [3.05, 3.63) is 40.5 Å². The monoisotopic (exact) mass is 377 g/mol. The molecule has 1 aromatic heterocycles. The minimum Gasteiger partial charge on any atom is -0.241 e. The van der Waals surface area contributed by atoms with E-state index in [0.29, 0.717) is 0 Å². The van der Waals surface area contributed by atoms with Gasteiger partial charge in [0.1, 0.15) is 4.60 Å². The van der Waals surface area contributed by atoms with Crippen molar-refractivity contribution in [3.8, 4) is 0 Å². The quantitative estimate of drug-likeness (QED) is 0.513. The first-order chi connectivity index (χ1) is 6.68. The van der Waals surface area contributed by atoms with Crippen LogP contribution >= 0.6 is 47.8 Å². The zero-order valence-corrected chi connectivity index (χ0v) is 11.8. The van der Waals surface area contributed by atoms with E-state index in [4.69, 9.17) is 0 Å². The Morgan fingerprint density at radius 2 is 1.86 bits per heavy atom. The molecule has 0 fully saturated rings. The Morgan fingerprint density at radius 1 is 1.14 bits per heavy atom. The number of alkyl halides is 2. The number of para-hydroxylation sites is 1. The van der Waals surface area contributed by atoms with Crippen LogP contribution in [-0.4, -0.2) is 4.98 Å². The molecule has 0 spiro atoms. The number of aromatic nitrogens is 1. The molecule has 2 rings (SSSR count). The van der Waals surface area contributed by atoms with Crippen molar-refractivity contribution in [1.82, 2.24) is 4.98 Å². The lowest BCUT2D eigenvalue weighted by molar-refractivity contribution is 1.26. The molecule has 0 bridgehead atoms. The average molecular weight is 380 g/mol. The van der Waals surface area contributed by atoms with Gasteiger partial charge in [-0.3, -0.25) is 0 Å². The van der Waals surface area contributed by atoms with Gasteiger partial charge in [-0.2, -0.15) is 0 Å². The van der Waals surface area contributed by atoms with Gasteiger partial charge >= 0.3 is 0 Å². The van der Waals surface area contributed by atoms with Crippen LogP contribution in [0.15, 0.2) is 34.9 Å². The number of pyridine rings is 1. The second kappa shape index (κ2) is 4.29. The number of halogens is 3. The molecule has 0 unspecified atom stereocenters. The summed E-state index contributed by atoms with van der Waals surface area (Å²) >= 11 is 10.4. The molecule has 0 atom stereocenters. The van der Waals surface area contributed by atoms with Gasteiger partial charge in [0.05, 0.1) is 9.25 Å². The summed E-state index contributed by atoms with van der Waals surface area (Å²) in [6.07, 6.45) is 0. The topological polar surface area (TPSA) is 12.9 Å². The van der Waals surface area contributed by atoms with E-state index in [1.54, 1.807) is 0 Å². The zero-order chi connectivity index (χ0) is 10.1. The molecule has 0 radical (unpaired) electrons. The minimum absolute atomic E-state index is 0.126. The molecule has 0 N–H and O–H groups in total. The van der Waals surface area contributed by atoms with Crippen molar-refractivity contribution in [2.75, 3.05) is 0 Å². The van der Waals surface area contributed by atoms with E-state index in [9.17, 15) is 0 Å². The lowest BCUT2D eigenvalue weighted by Crippen LogP contribution is -1.88. The molecular weight excluding hydrogens is 374 g/mol. The van der Waals surface area contributed by atoms with Crippen LogP contribution in [0.1, 0.15) is 9.30 Å². The fraction of sp³-hybridized carbons (Fsp3) is 0.100. The van der Waals surface area contributed by atoms with Crippen LogP contribution in [0.3, 0.4) is 0 Å². The Labute approximate surface area is 107 Å². The van der Waals surface area contributed by atoms with Crippen molar-refractivity contribution < 1.29 is 0 Å². The van der Waals surface area contributed by atoms with Gasteiger partial charge in [-0.15, -0.1) is 0 Å². The summed E-state index contributed by atoms with van der Waals surface area (Å²) in [6.45, 7) is 0. The van der Waals surface area contributed by atoms with Crippen molar-refractivity contribution in [2.24, 2.45) is 0 Å². The zero-order valence-electron chi connectivity index (χ0n) is 7.05. The van der Waals surface area contributed by atoms with E-state index in [2.05, 4.69) is 64.9 Å². The Bertz CT molecular complexity index is 468. The summed E-state index contributed by atoms with van der Waals surface area (Å²) in [4.78, 5) is 4.45. The normalized spacial score (nSPS) is 11.1. The minimum atomic E-state index is 0.126. The fourth-order valence-electron chi connectivity index (χ4n) is 1.26. The molecule has 0 saturated carbocycles. The first kappa shape index (κ1) is 10.6. The Balaban J connectivity index is 2.71. The predicted molar refractivity (Wildman–Crippen MR) is 70.0 cm³/mol. The largest absolute Gasteiger partial charge is 0.241 e. The Kier molecular flexibility index (Phi) is 3.24. The fourth-order valence-corrected chi connectivity index (χ4v) is 3.11. The Morgan fingerprint density at radius 3 is 2.57 bits per heavy atom. The van der Waals surface area contributed by atoms with Crippen LogP contribution in [0, 0.1) is 0 Å². The van der Waals surface area contributed by atoms with Crippen LogP contribution in [0.25, 0.3) is 10.9 Å². The summed E-state index contributed by atoms with van der Waals surface area (Å²) in [7, 11) is 0. The van der Waals surface area contributed by atoms with Crippen LogP contribution in [0.2, 0.25) is 0 Å². The van der Waals surface area contributed by atoms with E-state index < -0.39 is 0 Å². The summed E-state index contributed by atoms with van der Waals surface area (Å²) in [6, 6.07) is 10.2. The van der Waals surface area contributed by atoms with Crippen molar-refractivity contribution in [3.63, 3.8) is 0 Å². The van der Waals surface area contributed by atoms with Gasteiger partial charge in [0.15, 0.2) is 0 Å². The smallest absolute Gasteiger partial charge is 0.112 e. The first-order valence-electron chi connectivity index (χ1n) is 4.02. The second-order valence-electron chi connectivity index (χ2n) is 2.86. The van der Waals surface area contributed by atoms with E-state index in [1.165, 1.54) is 0 Å². The van der Waals surface area contributed by atoms with E-state index in [-0.39, 0.29) is 3.74 Å². The van der Waals surface area contributed by atoms with Crippen molar-refractivity contribution in [2.45, 2.75) is 3.74 Å². The third kappa shape index (κ3) is 2.02. The molecule has 1 aromatic carbocycles. The van der Waals surface area contributed by atoms with Gasteiger partial charge in [-0.25, -0.2) is 4.98 Å². The van der Waals surface area contributed by atoms with Crippen molar-refractivity contribution >= 4 is 58.7 Å². The molecular formula is C10H6Br3N. The average Bonchev–Trinajstić information content (AvgIpc) is 2.16. The summed E-state index contributed by atoms with van der Waals surface area (Å²) in [5.74, 6) is 0. The Hall–Kier alpha value is 0.0700. The standard InChI is InChI=1S/C10H6Br3N/c11-9(12)7-5-6-3-1-2-4-8(6)14-10(7)13/h1-5,9H. The van der Waals surface area contributed by atoms with Crippen LogP contribution < -0.4 is 0 Å². The highest BCUT2D eigenvalue weighted by molar-refractivity contribution is 9.24. The number of hydrogen-bond acceptors (Lipinski definition) is 1. The molecule has 0 aliphatic heterocycles. The van der Waals surface area contributed by atoms with Gasteiger partial charge in [0.25, 0.3) is 0 Å². The molecule has 0 aliphatic carbocycles. The van der Waals surface area contributed by atoms with Crippen molar-refractivity contribution in [1.29, 1.82) is 0 Å². The number of rotatable bonds is 1. The number of hydrogen-bond donors (Lipinski definition) is 0. The maximum absolute atomic E-state index is 4.45. The molecule has 0 aliphatic rings. The van der Waals surface area contributed by atoms with Crippen LogP contribution in [0.5, 0.6) is 0 Å². The summed E-state index contributed by atoms with van der Waals surface area (Å²) in [5, 5.41) is 1.15. The molecule has 4 heteroatoms. The summed E-state index contributed by atoms with van der Waals surface area (Å²) < 4.78 is 0.997. The molecule has 14 heavy (non-hydrogen) atoms. The molecule has 0 amide bonds. The lowest BCUT2D eigenvalue weighted by Gasteiger charge is -2.06. The second-order valence-corrected chi connectivity index (χ2v) is 6.67. The maximum Gasteiger partial charge on any atom is 0.112 e. The predicted octanol–water partition coefficient (Wildman–Crippen LogP) is 4.79. The molecule has 1 heterocycles. The SMILES string of the molecule is Brc1nc2ccccc2cc1C(Br)Br. The third-order valence-electron chi connectivity index (χ3n) is 1.94. The molecule has 1 nitrogen and oxygen atoms in total. The first-order valence-corrected chi connectivity index (χ1v) is 6.64. The van der Waals surface area contributed by atoms with E-state index >= 15 is 0 Å². The van der Waals surface area contributed by atoms with Gasteiger partial charge in [-0.05, 0) is 28.1 Å². The molecule has 0 saturated heterocycles. The summed E-state index contributed by atoms with van der Waals surface area (Å²) in [5.41, 5.74) is 2.10. The number of fused-ring (bicyclic) bond motifs is 1. The lowest BCUT2D eigenvalue weighted by atomic mass is 10.2. The molecule has 72 valence electrons. The van der Waals surface area contributed by atoms with Crippen LogP contribution in [-0.2, 0) is 0 Å². The van der Waals surface area contributed by atoms with Gasteiger partial charge in [-0.1, -0.05) is 50.1 Å². The number of benzene rings is 1. The maximum atomic E-state index is 4.45. The highest BCUT2D eigenvalue weighted by Crippen LogP contribution is 2.35.